The van der Waals surface area contributed by atoms with E-state index in [4.69, 9.17) is 11.6 Å². The molecule has 116 valence electrons. The molecular formula is C15H16ClN3O2S. The van der Waals surface area contributed by atoms with Crippen molar-refractivity contribution in [2.75, 3.05) is 5.75 Å². The van der Waals surface area contributed by atoms with Crippen LogP contribution in [0.1, 0.15) is 23.3 Å². The van der Waals surface area contributed by atoms with Crippen LogP contribution in [0.25, 0.3) is 0 Å². The molecule has 0 saturated heterocycles. The number of nitrogens with one attached hydrogen (secondary N) is 3. The van der Waals surface area contributed by atoms with Crippen LogP contribution in [-0.4, -0.2) is 22.6 Å². The predicted octanol–water partition coefficient (Wildman–Crippen LogP) is 3.00. The van der Waals surface area contributed by atoms with E-state index < -0.39 is 0 Å². The number of hydrazine groups is 1. The second kappa shape index (κ2) is 8.51. The highest BCUT2D eigenvalue weighted by molar-refractivity contribution is 7.99. The number of halogens is 1. The van der Waals surface area contributed by atoms with Crippen LogP contribution in [0.2, 0.25) is 5.02 Å². The minimum Gasteiger partial charge on any atom is -0.357 e. The van der Waals surface area contributed by atoms with Gasteiger partial charge in [-0.3, -0.25) is 20.4 Å². The van der Waals surface area contributed by atoms with Crippen LogP contribution >= 0.6 is 23.4 Å². The molecule has 1 aromatic carbocycles. The lowest BCUT2D eigenvalue weighted by Gasteiger charge is -2.06. The number of carbonyl (C=O) groups excluding carboxylic acids is 2. The molecule has 5 nitrogen and oxygen atoms in total. The van der Waals surface area contributed by atoms with Gasteiger partial charge in [0.05, 0.1) is 0 Å². The standard InChI is InChI=1S/C15H16ClN3O2S/c16-11-5-7-12(8-6-11)22-10-2-4-14(20)18-19-15(21)13-3-1-9-17-13/h1,3,5-9,17H,2,4,10H2,(H,18,20)(H,19,21). The first kappa shape index (κ1) is 16.5. The largest absolute Gasteiger partial charge is 0.357 e. The van der Waals surface area contributed by atoms with Crippen LogP contribution < -0.4 is 10.9 Å². The maximum atomic E-state index is 11.6. The van der Waals surface area contributed by atoms with Gasteiger partial charge in [0, 0.05) is 22.5 Å². The van der Waals surface area contributed by atoms with Crippen molar-refractivity contribution in [3.63, 3.8) is 0 Å². The zero-order valence-electron chi connectivity index (χ0n) is 11.8. The summed E-state index contributed by atoms with van der Waals surface area (Å²) in [6.07, 6.45) is 2.72. The molecule has 0 unspecified atom stereocenters. The molecule has 0 saturated carbocycles. The summed E-state index contributed by atoms with van der Waals surface area (Å²) < 4.78 is 0. The molecule has 3 N–H and O–H groups in total. The van der Waals surface area contributed by atoms with E-state index >= 15 is 0 Å². The van der Waals surface area contributed by atoms with Gasteiger partial charge in [-0.05, 0) is 48.6 Å². The van der Waals surface area contributed by atoms with Crippen molar-refractivity contribution in [2.24, 2.45) is 0 Å². The summed E-state index contributed by atoms with van der Waals surface area (Å²) in [4.78, 5) is 27.1. The normalized spacial score (nSPS) is 10.2. The van der Waals surface area contributed by atoms with Gasteiger partial charge < -0.3 is 4.98 Å². The maximum absolute atomic E-state index is 11.6. The molecule has 0 aliphatic carbocycles. The molecule has 7 heteroatoms. The molecular weight excluding hydrogens is 322 g/mol. The van der Waals surface area contributed by atoms with Crippen molar-refractivity contribution < 1.29 is 9.59 Å². The summed E-state index contributed by atoms with van der Waals surface area (Å²) in [5.41, 5.74) is 5.15. The van der Waals surface area contributed by atoms with E-state index in [2.05, 4.69) is 15.8 Å². The van der Waals surface area contributed by atoms with Crippen molar-refractivity contribution in [1.82, 2.24) is 15.8 Å². The van der Waals surface area contributed by atoms with Crippen molar-refractivity contribution in [1.29, 1.82) is 0 Å². The van der Waals surface area contributed by atoms with Crippen LogP contribution in [0, 0.1) is 0 Å². The Bertz CT molecular complexity index is 614. The highest BCUT2D eigenvalue weighted by atomic mass is 35.5. The third kappa shape index (κ3) is 5.46. The Labute approximate surface area is 137 Å². The van der Waals surface area contributed by atoms with E-state index in [1.165, 1.54) is 0 Å². The van der Waals surface area contributed by atoms with E-state index in [-0.39, 0.29) is 11.8 Å². The summed E-state index contributed by atoms with van der Waals surface area (Å²) in [6, 6.07) is 10.9. The Balaban J connectivity index is 1.59. The number of amides is 2. The van der Waals surface area contributed by atoms with Crippen LogP contribution in [0.5, 0.6) is 0 Å². The molecule has 2 rings (SSSR count). The zero-order valence-corrected chi connectivity index (χ0v) is 13.3. The van der Waals surface area contributed by atoms with Gasteiger partial charge in [0.2, 0.25) is 5.91 Å². The number of hydrogen-bond donors (Lipinski definition) is 3. The van der Waals surface area contributed by atoms with Crippen LogP contribution in [-0.2, 0) is 4.79 Å². The smallest absolute Gasteiger partial charge is 0.286 e. The van der Waals surface area contributed by atoms with Crippen LogP contribution in [0.15, 0.2) is 47.5 Å². The third-order valence-corrected chi connectivity index (χ3v) is 4.14. The minimum atomic E-state index is -0.367. The van der Waals surface area contributed by atoms with Gasteiger partial charge in [0.15, 0.2) is 0 Å². The highest BCUT2D eigenvalue weighted by Crippen LogP contribution is 2.21. The Kier molecular flexibility index (Phi) is 6.36. The average Bonchev–Trinajstić information content (AvgIpc) is 3.05. The topological polar surface area (TPSA) is 74.0 Å². The SMILES string of the molecule is O=C(CCCSc1ccc(Cl)cc1)NNC(=O)c1ccc[nH]1. The Morgan fingerprint density at radius 1 is 1.14 bits per heavy atom. The molecule has 0 aliphatic rings. The number of benzene rings is 1. The lowest BCUT2D eigenvalue weighted by Crippen LogP contribution is -2.41. The molecule has 1 aromatic heterocycles. The van der Waals surface area contributed by atoms with Gasteiger partial charge in [-0.15, -0.1) is 11.8 Å². The van der Waals surface area contributed by atoms with Crippen LogP contribution in [0.4, 0.5) is 0 Å². The number of H-pyrrole nitrogens is 1. The lowest BCUT2D eigenvalue weighted by molar-refractivity contribution is -0.121. The second-order valence-electron chi connectivity index (χ2n) is 4.49. The van der Waals surface area contributed by atoms with E-state index in [1.807, 2.05) is 24.3 Å². The number of aromatic nitrogens is 1. The Hall–Kier alpha value is -1.92. The molecule has 1 heterocycles. The van der Waals surface area contributed by atoms with Gasteiger partial charge in [0.25, 0.3) is 5.91 Å². The molecule has 0 bridgehead atoms. The first-order valence-corrected chi connectivity index (χ1v) is 8.12. The van der Waals surface area contributed by atoms with E-state index in [0.29, 0.717) is 17.1 Å². The Morgan fingerprint density at radius 2 is 1.91 bits per heavy atom. The Morgan fingerprint density at radius 3 is 2.59 bits per heavy atom. The second-order valence-corrected chi connectivity index (χ2v) is 6.10. The molecule has 0 atom stereocenters. The molecule has 2 aromatic rings. The monoisotopic (exact) mass is 337 g/mol. The predicted molar refractivity (Wildman–Crippen MR) is 87.8 cm³/mol. The van der Waals surface area contributed by atoms with E-state index in [9.17, 15) is 9.59 Å². The van der Waals surface area contributed by atoms with E-state index in [0.717, 1.165) is 17.1 Å². The fourth-order valence-electron chi connectivity index (χ4n) is 1.68. The van der Waals surface area contributed by atoms with Crippen LogP contribution in [0.3, 0.4) is 0 Å². The first-order chi connectivity index (χ1) is 10.6. The zero-order chi connectivity index (χ0) is 15.8. The lowest BCUT2D eigenvalue weighted by atomic mass is 10.3. The van der Waals surface area contributed by atoms with Crippen molar-refractivity contribution in [3.05, 3.63) is 53.3 Å². The third-order valence-electron chi connectivity index (χ3n) is 2.79. The van der Waals surface area contributed by atoms with Gasteiger partial charge in [-0.2, -0.15) is 0 Å². The number of aromatic amines is 1. The number of rotatable bonds is 6. The fourth-order valence-corrected chi connectivity index (χ4v) is 2.66. The van der Waals surface area contributed by atoms with Gasteiger partial charge in [-0.25, -0.2) is 0 Å². The van der Waals surface area contributed by atoms with Crippen molar-refractivity contribution in [2.45, 2.75) is 17.7 Å². The molecule has 22 heavy (non-hydrogen) atoms. The summed E-state index contributed by atoms with van der Waals surface area (Å²) in [6.45, 7) is 0. The van der Waals surface area contributed by atoms with Gasteiger partial charge in [-0.1, -0.05) is 11.6 Å². The van der Waals surface area contributed by atoms with E-state index in [1.54, 1.807) is 30.1 Å². The number of hydrogen-bond acceptors (Lipinski definition) is 3. The highest BCUT2D eigenvalue weighted by Gasteiger charge is 2.07. The van der Waals surface area contributed by atoms with Gasteiger partial charge >= 0.3 is 0 Å². The summed E-state index contributed by atoms with van der Waals surface area (Å²) in [5.74, 6) is 0.241. The number of thioether (sulfide) groups is 1. The van der Waals surface area contributed by atoms with Gasteiger partial charge in [0.1, 0.15) is 5.69 Å². The molecule has 0 spiro atoms. The van der Waals surface area contributed by atoms with Crippen molar-refractivity contribution >= 4 is 35.2 Å². The summed E-state index contributed by atoms with van der Waals surface area (Å²) in [5, 5.41) is 0.710. The summed E-state index contributed by atoms with van der Waals surface area (Å²) in [7, 11) is 0. The summed E-state index contributed by atoms with van der Waals surface area (Å²) >= 11 is 7.48. The molecule has 2 amide bonds. The first-order valence-electron chi connectivity index (χ1n) is 6.76. The molecule has 0 fully saturated rings. The average molecular weight is 338 g/mol. The molecule has 0 radical (unpaired) electrons. The number of carbonyl (C=O) groups is 2. The molecule has 0 aliphatic heterocycles. The fraction of sp³-hybridized carbons (Fsp3) is 0.200. The minimum absolute atomic E-state index is 0.211. The van der Waals surface area contributed by atoms with Crippen molar-refractivity contribution in [3.8, 4) is 0 Å². The quantitative estimate of drug-likeness (QED) is 0.431. The maximum Gasteiger partial charge on any atom is 0.286 e.